The molecule has 0 atom stereocenters. The topological polar surface area (TPSA) is 71.1 Å². The number of pyridine rings is 1. The van der Waals surface area contributed by atoms with Crippen molar-refractivity contribution in [3.63, 3.8) is 0 Å². The summed E-state index contributed by atoms with van der Waals surface area (Å²) < 4.78 is 27.4. The molecule has 0 aliphatic heterocycles. The Labute approximate surface area is 114 Å². The normalized spacial score (nSPS) is 22.8. The second-order valence-corrected chi connectivity index (χ2v) is 6.85. The highest BCUT2D eigenvalue weighted by Crippen LogP contribution is 2.28. The molecule has 0 spiro atoms. The first-order chi connectivity index (χ1) is 9.03. The van der Waals surface area contributed by atoms with Crippen molar-refractivity contribution in [2.24, 2.45) is 5.92 Å². The van der Waals surface area contributed by atoms with Gasteiger partial charge in [0.15, 0.2) is 0 Å². The van der Waals surface area contributed by atoms with Gasteiger partial charge in [-0.2, -0.15) is 0 Å². The summed E-state index contributed by atoms with van der Waals surface area (Å²) >= 11 is 0. The molecule has 1 fully saturated rings. The monoisotopic (exact) mass is 283 g/mol. The average molecular weight is 283 g/mol. The van der Waals surface area contributed by atoms with E-state index in [1.165, 1.54) is 0 Å². The van der Waals surface area contributed by atoms with Gasteiger partial charge in [0.1, 0.15) is 10.7 Å². The largest absolute Gasteiger partial charge is 0.369 e. The molecule has 2 N–H and O–H groups in total. The van der Waals surface area contributed by atoms with Crippen LogP contribution in [0.4, 0.5) is 5.82 Å². The molecule has 106 valence electrons. The number of anilines is 1. The van der Waals surface area contributed by atoms with Crippen LogP contribution in [-0.4, -0.2) is 26.0 Å². The fraction of sp³-hybridized carbons (Fsp3) is 0.615. The zero-order valence-corrected chi connectivity index (χ0v) is 12.2. The Morgan fingerprint density at radius 2 is 2.16 bits per heavy atom. The number of hydrogen-bond acceptors (Lipinski definition) is 4. The maximum atomic E-state index is 12.3. The molecule has 1 aliphatic carbocycles. The van der Waals surface area contributed by atoms with Crippen LogP contribution in [-0.2, 0) is 10.0 Å². The van der Waals surface area contributed by atoms with Crippen molar-refractivity contribution in [3.05, 3.63) is 18.3 Å². The molecule has 1 aromatic heterocycles. The lowest BCUT2D eigenvalue weighted by Gasteiger charge is -2.33. The molecule has 0 radical (unpaired) electrons. The molecule has 5 nitrogen and oxygen atoms in total. The lowest BCUT2D eigenvalue weighted by molar-refractivity contribution is 0.270. The SMILES string of the molecule is CCCNc1ncccc1S(=O)(=O)NC1CC(C)C1. The van der Waals surface area contributed by atoms with E-state index in [-0.39, 0.29) is 10.9 Å². The zero-order valence-electron chi connectivity index (χ0n) is 11.4. The average Bonchev–Trinajstić information content (AvgIpc) is 2.34. The van der Waals surface area contributed by atoms with Gasteiger partial charge in [0.05, 0.1) is 0 Å². The lowest BCUT2D eigenvalue weighted by Crippen LogP contribution is -2.43. The molecule has 1 aromatic rings. The summed E-state index contributed by atoms with van der Waals surface area (Å²) in [5, 5.41) is 3.06. The van der Waals surface area contributed by atoms with Crippen molar-refractivity contribution in [1.82, 2.24) is 9.71 Å². The van der Waals surface area contributed by atoms with Crippen LogP contribution in [0, 0.1) is 5.92 Å². The third kappa shape index (κ3) is 3.45. The summed E-state index contributed by atoms with van der Waals surface area (Å²) in [5.74, 6) is 1.04. The minimum atomic E-state index is -3.48. The molecule has 0 saturated heterocycles. The number of aromatic nitrogens is 1. The van der Waals surface area contributed by atoms with Crippen molar-refractivity contribution >= 4 is 15.8 Å². The third-order valence-corrected chi connectivity index (χ3v) is 4.85. The predicted octanol–water partition coefficient (Wildman–Crippen LogP) is 1.98. The summed E-state index contributed by atoms with van der Waals surface area (Å²) in [5.41, 5.74) is 0. The summed E-state index contributed by atoms with van der Waals surface area (Å²) in [6.45, 7) is 4.86. The minimum Gasteiger partial charge on any atom is -0.369 e. The molecule has 1 saturated carbocycles. The Balaban J connectivity index is 2.15. The molecule has 2 rings (SSSR count). The second kappa shape index (κ2) is 5.88. The van der Waals surface area contributed by atoms with Gasteiger partial charge in [0.2, 0.25) is 10.0 Å². The first kappa shape index (κ1) is 14.3. The summed E-state index contributed by atoms with van der Waals surface area (Å²) in [4.78, 5) is 4.36. The van der Waals surface area contributed by atoms with Crippen molar-refractivity contribution in [1.29, 1.82) is 0 Å². The fourth-order valence-corrected chi connectivity index (χ4v) is 3.66. The van der Waals surface area contributed by atoms with Crippen molar-refractivity contribution < 1.29 is 8.42 Å². The maximum absolute atomic E-state index is 12.3. The van der Waals surface area contributed by atoms with Gasteiger partial charge in [-0.05, 0) is 37.3 Å². The first-order valence-corrected chi connectivity index (χ1v) is 8.22. The molecular weight excluding hydrogens is 262 g/mol. The van der Waals surface area contributed by atoms with Crippen molar-refractivity contribution in [2.75, 3.05) is 11.9 Å². The van der Waals surface area contributed by atoms with Crippen LogP contribution in [0.3, 0.4) is 0 Å². The summed E-state index contributed by atoms with van der Waals surface area (Å²) in [6, 6.07) is 3.31. The molecule has 1 aliphatic rings. The van der Waals surface area contributed by atoms with Crippen LogP contribution in [0.5, 0.6) is 0 Å². The van der Waals surface area contributed by atoms with Gasteiger partial charge < -0.3 is 5.32 Å². The van der Waals surface area contributed by atoms with E-state index < -0.39 is 10.0 Å². The quantitative estimate of drug-likeness (QED) is 0.837. The zero-order chi connectivity index (χ0) is 13.9. The third-order valence-electron chi connectivity index (χ3n) is 3.30. The van der Waals surface area contributed by atoms with Crippen LogP contribution >= 0.6 is 0 Å². The van der Waals surface area contributed by atoms with Gasteiger partial charge in [0, 0.05) is 18.8 Å². The molecule has 0 amide bonds. The molecule has 0 unspecified atom stereocenters. The van der Waals surface area contributed by atoms with Gasteiger partial charge in [-0.25, -0.2) is 18.1 Å². The van der Waals surface area contributed by atoms with Crippen LogP contribution in [0.15, 0.2) is 23.2 Å². The van der Waals surface area contributed by atoms with E-state index in [9.17, 15) is 8.42 Å². The van der Waals surface area contributed by atoms with Crippen LogP contribution < -0.4 is 10.0 Å². The molecule has 0 aromatic carbocycles. The summed E-state index contributed by atoms with van der Waals surface area (Å²) in [7, 11) is -3.48. The van der Waals surface area contributed by atoms with Crippen molar-refractivity contribution in [3.8, 4) is 0 Å². The molecule has 1 heterocycles. The Hall–Kier alpha value is -1.14. The van der Waals surface area contributed by atoms with E-state index >= 15 is 0 Å². The lowest BCUT2D eigenvalue weighted by atomic mass is 9.83. The van der Waals surface area contributed by atoms with E-state index in [4.69, 9.17) is 0 Å². The van der Waals surface area contributed by atoms with Gasteiger partial charge in [-0.15, -0.1) is 0 Å². The minimum absolute atomic E-state index is 0.0687. The summed E-state index contributed by atoms with van der Waals surface area (Å²) in [6.07, 6.45) is 4.35. The number of hydrogen-bond donors (Lipinski definition) is 2. The molecule has 0 bridgehead atoms. The van der Waals surface area contributed by atoms with E-state index in [1.807, 2.05) is 6.92 Å². The number of sulfonamides is 1. The number of rotatable bonds is 6. The van der Waals surface area contributed by atoms with Gasteiger partial charge in [-0.1, -0.05) is 13.8 Å². The Bertz CT molecular complexity index is 524. The maximum Gasteiger partial charge on any atom is 0.244 e. The smallest absolute Gasteiger partial charge is 0.244 e. The highest BCUT2D eigenvalue weighted by molar-refractivity contribution is 7.89. The number of nitrogens with zero attached hydrogens (tertiary/aromatic N) is 1. The number of nitrogens with one attached hydrogen (secondary N) is 2. The van der Waals surface area contributed by atoms with Gasteiger partial charge in [-0.3, -0.25) is 0 Å². The van der Waals surface area contributed by atoms with E-state index in [0.29, 0.717) is 18.3 Å². The standard InChI is InChI=1S/C13H21N3O2S/c1-3-6-14-13-12(5-4-7-15-13)19(17,18)16-11-8-10(2)9-11/h4-5,7,10-11,16H,3,6,8-9H2,1-2H3,(H,14,15). The molecule has 6 heteroatoms. The van der Waals surface area contributed by atoms with Crippen molar-refractivity contribution in [2.45, 2.75) is 44.0 Å². The fourth-order valence-electron chi connectivity index (χ4n) is 2.27. The Morgan fingerprint density at radius 3 is 2.79 bits per heavy atom. The second-order valence-electron chi connectivity index (χ2n) is 5.17. The molecular formula is C13H21N3O2S. The van der Waals surface area contributed by atoms with E-state index in [2.05, 4.69) is 21.9 Å². The van der Waals surface area contributed by atoms with Gasteiger partial charge in [0.25, 0.3) is 0 Å². The highest BCUT2D eigenvalue weighted by atomic mass is 32.2. The van der Waals surface area contributed by atoms with E-state index in [0.717, 1.165) is 19.3 Å². The van der Waals surface area contributed by atoms with Crippen LogP contribution in [0.2, 0.25) is 0 Å². The van der Waals surface area contributed by atoms with Crippen LogP contribution in [0.25, 0.3) is 0 Å². The van der Waals surface area contributed by atoms with E-state index in [1.54, 1.807) is 18.3 Å². The highest BCUT2D eigenvalue weighted by Gasteiger charge is 2.30. The molecule has 19 heavy (non-hydrogen) atoms. The predicted molar refractivity (Wildman–Crippen MR) is 75.5 cm³/mol. The van der Waals surface area contributed by atoms with Gasteiger partial charge >= 0.3 is 0 Å². The Kier molecular flexibility index (Phi) is 4.42. The first-order valence-electron chi connectivity index (χ1n) is 6.74. The van der Waals surface area contributed by atoms with Crippen LogP contribution in [0.1, 0.15) is 33.1 Å². The Morgan fingerprint density at radius 1 is 1.42 bits per heavy atom.